The van der Waals surface area contributed by atoms with Gasteiger partial charge in [-0.05, 0) is 25.7 Å². The van der Waals surface area contributed by atoms with Crippen molar-refractivity contribution in [1.82, 2.24) is 4.90 Å². The second kappa shape index (κ2) is 5.04. The third kappa shape index (κ3) is 2.97. The number of carbonyl (C=O) groups excluding carboxylic acids is 1. The highest BCUT2D eigenvalue weighted by atomic mass is 16.4. The van der Waals surface area contributed by atoms with Crippen molar-refractivity contribution in [3.63, 3.8) is 0 Å². The minimum absolute atomic E-state index is 0.0699. The fourth-order valence-corrected chi connectivity index (χ4v) is 2.10. The van der Waals surface area contributed by atoms with Crippen LogP contribution in [-0.4, -0.2) is 41.0 Å². The van der Waals surface area contributed by atoms with Gasteiger partial charge in [0.05, 0.1) is 11.5 Å². The molecule has 5 heteroatoms. The maximum atomic E-state index is 12.1. The first-order valence-corrected chi connectivity index (χ1v) is 6.06. The summed E-state index contributed by atoms with van der Waals surface area (Å²) in [6.45, 7) is 6.35. The van der Waals surface area contributed by atoms with Crippen LogP contribution in [0.1, 0.15) is 33.6 Å². The van der Waals surface area contributed by atoms with E-state index in [9.17, 15) is 14.7 Å². The van der Waals surface area contributed by atoms with Crippen LogP contribution in [0.15, 0.2) is 0 Å². The summed E-state index contributed by atoms with van der Waals surface area (Å²) in [5.74, 6) is -0.902. The first-order valence-electron chi connectivity index (χ1n) is 6.06. The summed E-state index contributed by atoms with van der Waals surface area (Å²) in [7, 11) is 0. The number of carboxylic acids is 1. The second-order valence-electron chi connectivity index (χ2n) is 5.50. The Morgan fingerprint density at radius 2 is 2.00 bits per heavy atom. The van der Waals surface area contributed by atoms with E-state index >= 15 is 0 Å². The lowest BCUT2D eigenvalue weighted by Crippen LogP contribution is -2.54. The normalized spacial score (nSPS) is 27.0. The molecule has 17 heavy (non-hydrogen) atoms. The fourth-order valence-electron chi connectivity index (χ4n) is 2.10. The van der Waals surface area contributed by atoms with E-state index in [1.54, 1.807) is 11.8 Å². The van der Waals surface area contributed by atoms with Crippen LogP contribution in [-0.2, 0) is 9.59 Å². The number of carbonyl (C=O) groups is 2. The van der Waals surface area contributed by atoms with Gasteiger partial charge in [0.25, 0.3) is 0 Å². The maximum Gasteiger partial charge on any atom is 0.311 e. The molecule has 1 fully saturated rings. The van der Waals surface area contributed by atoms with E-state index in [1.807, 2.05) is 13.8 Å². The minimum atomic E-state index is -0.840. The van der Waals surface area contributed by atoms with E-state index in [0.717, 1.165) is 6.42 Å². The molecule has 1 heterocycles. The Hall–Kier alpha value is -1.10. The molecule has 0 saturated carbocycles. The zero-order chi connectivity index (χ0) is 13.2. The molecule has 0 aliphatic carbocycles. The summed E-state index contributed by atoms with van der Waals surface area (Å²) >= 11 is 0. The zero-order valence-electron chi connectivity index (χ0n) is 10.8. The van der Waals surface area contributed by atoms with E-state index in [2.05, 4.69) is 0 Å². The van der Waals surface area contributed by atoms with Gasteiger partial charge in [0.2, 0.25) is 5.91 Å². The third-order valence-electron chi connectivity index (χ3n) is 3.53. The van der Waals surface area contributed by atoms with Crippen LogP contribution in [0.3, 0.4) is 0 Å². The van der Waals surface area contributed by atoms with Gasteiger partial charge in [-0.1, -0.05) is 13.8 Å². The predicted octanol–water partition coefficient (Wildman–Crippen LogP) is 0.683. The second-order valence-corrected chi connectivity index (χ2v) is 5.50. The number of nitrogens with zero attached hydrogens (tertiary/aromatic N) is 1. The summed E-state index contributed by atoms with van der Waals surface area (Å²) in [5, 5.41) is 9.18. The molecule has 98 valence electrons. The number of hydrogen-bond donors (Lipinski definition) is 2. The third-order valence-corrected chi connectivity index (χ3v) is 3.53. The van der Waals surface area contributed by atoms with Crippen molar-refractivity contribution < 1.29 is 14.7 Å². The molecule has 1 amide bonds. The van der Waals surface area contributed by atoms with Gasteiger partial charge >= 0.3 is 5.97 Å². The Balaban J connectivity index is 2.73. The van der Waals surface area contributed by atoms with Gasteiger partial charge in [-0.2, -0.15) is 0 Å². The average molecular weight is 242 g/mol. The van der Waals surface area contributed by atoms with E-state index in [1.165, 1.54) is 0 Å². The van der Waals surface area contributed by atoms with Crippen molar-refractivity contribution >= 4 is 11.9 Å². The summed E-state index contributed by atoms with van der Waals surface area (Å²) in [6.07, 6.45) is 1.34. The lowest BCUT2D eigenvalue weighted by atomic mass is 9.81. The average Bonchev–Trinajstić information content (AvgIpc) is 2.26. The molecule has 0 bridgehead atoms. The van der Waals surface area contributed by atoms with Crippen molar-refractivity contribution in [2.75, 3.05) is 13.1 Å². The lowest BCUT2D eigenvalue weighted by molar-refractivity contribution is -0.154. The molecule has 1 aliphatic rings. The smallest absolute Gasteiger partial charge is 0.311 e. The fraction of sp³-hybridized carbons (Fsp3) is 0.833. The molecule has 5 nitrogen and oxygen atoms in total. The van der Waals surface area contributed by atoms with E-state index < -0.39 is 17.4 Å². The molecule has 0 aromatic carbocycles. The van der Waals surface area contributed by atoms with Crippen LogP contribution in [0.25, 0.3) is 0 Å². The Bertz CT molecular complexity index is 317. The topological polar surface area (TPSA) is 83.6 Å². The van der Waals surface area contributed by atoms with Gasteiger partial charge in [-0.3, -0.25) is 9.59 Å². The number of aliphatic carboxylic acids is 1. The highest BCUT2D eigenvalue weighted by Crippen LogP contribution is 2.30. The maximum absolute atomic E-state index is 12.1. The summed E-state index contributed by atoms with van der Waals surface area (Å²) in [5.41, 5.74) is 4.99. The summed E-state index contributed by atoms with van der Waals surface area (Å²) in [6, 6.07) is -0.536. The number of nitrogens with two attached hydrogens (primary N) is 1. The monoisotopic (exact) mass is 242 g/mol. The largest absolute Gasteiger partial charge is 0.481 e. The zero-order valence-corrected chi connectivity index (χ0v) is 10.8. The number of likely N-dealkylation sites (tertiary alicyclic amines) is 1. The van der Waals surface area contributed by atoms with Gasteiger partial charge in [-0.25, -0.2) is 0 Å². The molecule has 0 radical (unpaired) electrons. The van der Waals surface area contributed by atoms with Crippen molar-refractivity contribution in [3.05, 3.63) is 0 Å². The van der Waals surface area contributed by atoms with Gasteiger partial charge in [0, 0.05) is 13.1 Å². The van der Waals surface area contributed by atoms with Crippen LogP contribution in [0, 0.1) is 11.3 Å². The Morgan fingerprint density at radius 3 is 2.47 bits per heavy atom. The Labute approximate surface area is 102 Å². The van der Waals surface area contributed by atoms with Crippen LogP contribution < -0.4 is 5.73 Å². The summed E-state index contributed by atoms with van der Waals surface area (Å²) in [4.78, 5) is 24.8. The first kappa shape index (κ1) is 14.0. The molecule has 0 aromatic rings. The van der Waals surface area contributed by atoms with Crippen molar-refractivity contribution in [2.45, 2.75) is 39.7 Å². The molecule has 0 aromatic heterocycles. The quantitative estimate of drug-likeness (QED) is 0.762. The van der Waals surface area contributed by atoms with Crippen molar-refractivity contribution in [2.24, 2.45) is 17.1 Å². The molecule has 0 spiro atoms. The number of piperidine rings is 1. The van der Waals surface area contributed by atoms with Crippen molar-refractivity contribution in [1.29, 1.82) is 0 Å². The van der Waals surface area contributed by atoms with Gasteiger partial charge in [-0.15, -0.1) is 0 Å². The predicted molar refractivity (Wildman–Crippen MR) is 64.4 cm³/mol. The SMILES string of the molecule is CC(C)[C@@H](N)C(=O)N1CCCC(C)(C(=O)O)C1. The highest BCUT2D eigenvalue weighted by Gasteiger charge is 2.40. The lowest BCUT2D eigenvalue weighted by Gasteiger charge is -2.39. The molecule has 1 saturated heterocycles. The standard InChI is InChI=1S/C12H22N2O3/c1-8(2)9(13)10(15)14-6-4-5-12(3,7-14)11(16)17/h8-9H,4-7,13H2,1-3H3,(H,16,17)/t9-,12?/m1/s1. The van der Waals surface area contributed by atoms with Gasteiger partial charge < -0.3 is 15.7 Å². The van der Waals surface area contributed by atoms with Gasteiger partial charge in [0.1, 0.15) is 0 Å². The highest BCUT2D eigenvalue weighted by molar-refractivity contribution is 5.83. The van der Waals surface area contributed by atoms with Crippen LogP contribution in [0.2, 0.25) is 0 Å². The van der Waals surface area contributed by atoms with E-state index in [0.29, 0.717) is 13.0 Å². The molecule has 1 unspecified atom stereocenters. The van der Waals surface area contributed by atoms with E-state index in [-0.39, 0.29) is 18.4 Å². The van der Waals surface area contributed by atoms with Gasteiger partial charge in [0.15, 0.2) is 0 Å². The first-order chi connectivity index (χ1) is 7.78. The van der Waals surface area contributed by atoms with E-state index in [4.69, 9.17) is 5.73 Å². The molecular formula is C12H22N2O3. The van der Waals surface area contributed by atoms with Crippen LogP contribution in [0.4, 0.5) is 0 Å². The minimum Gasteiger partial charge on any atom is -0.481 e. The number of hydrogen-bond acceptors (Lipinski definition) is 3. The molecule has 2 atom stereocenters. The Kier molecular flexibility index (Phi) is 4.14. The van der Waals surface area contributed by atoms with Crippen LogP contribution >= 0.6 is 0 Å². The number of amides is 1. The number of carboxylic acid groups (broad SMARTS) is 1. The van der Waals surface area contributed by atoms with Crippen LogP contribution in [0.5, 0.6) is 0 Å². The Morgan fingerprint density at radius 1 is 1.41 bits per heavy atom. The van der Waals surface area contributed by atoms with Crippen molar-refractivity contribution in [3.8, 4) is 0 Å². The number of rotatable bonds is 3. The molecule has 1 rings (SSSR count). The molecule has 3 N–H and O–H groups in total. The summed E-state index contributed by atoms with van der Waals surface area (Å²) < 4.78 is 0. The molecular weight excluding hydrogens is 220 g/mol. The molecule has 1 aliphatic heterocycles.